The molecule has 0 spiro atoms. The third kappa shape index (κ3) is 2.43. The number of rotatable bonds is 4. The fourth-order valence-electron chi connectivity index (χ4n) is 2.32. The quantitative estimate of drug-likeness (QED) is 0.676. The highest BCUT2D eigenvalue weighted by molar-refractivity contribution is 9.08. The lowest BCUT2D eigenvalue weighted by Gasteiger charge is -2.08. The van der Waals surface area contributed by atoms with Gasteiger partial charge in [0, 0.05) is 6.54 Å². The number of alkyl halides is 1. The van der Waals surface area contributed by atoms with Crippen LogP contribution in [0, 0.1) is 0 Å². The van der Waals surface area contributed by atoms with E-state index < -0.39 is 0 Å². The Labute approximate surface area is 126 Å². The van der Waals surface area contributed by atoms with Gasteiger partial charge < -0.3 is 9.30 Å². The first kappa shape index (κ1) is 13.2. The predicted molar refractivity (Wildman–Crippen MR) is 84.5 cm³/mol. The molecule has 0 fully saturated rings. The van der Waals surface area contributed by atoms with Crippen molar-refractivity contribution in [2.75, 3.05) is 7.11 Å². The zero-order chi connectivity index (χ0) is 13.9. The smallest absolute Gasteiger partial charge is 0.120 e. The number of para-hydroxylation sites is 2. The lowest BCUT2D eigenvalue weighted by Crippen LogP contribution is -2.03. The Morgan fingerprint density at radius 3 is 2.55 bits per heavy atom. The lowest BCUT2D eigenvalue weighted by molar-refractivity contribution is 0.414. The van der Waals surface area contributed by atoms with Gasteiger partial charge in [0.1, 0.15) is 11.6 Å². The van der Waals surface area contributed by atoms with E-state index in [1.807, 2.05) is 30.3 Å². The van der Waals surface area contributed by atoms with Crippen LogP contribution in [0.3, 0.4) is 0 Å². The zero-order valence-electron chi connectivity index (χ0n) is 11.2. The molecule has 20 heavy (non-hydrogen) atoms. The molecule has 3 aromatic rings. The van der Waals surface area contributed by atoms with E-state index >= 15 is 0 Å². The van der Waals surface area contributed by atoms with E-state index in [0.717, 1.165) is 34.5 Å². The van der Waals surface area contributed by atoms with Crippen molar-refractivity contribution < 1.29 is 4.74 Å². The van der Waals surface area contributed by atoms with Crippen molar-refractivity contribution in [3.63, 3.8) is 0 Å². The summed E-state index contributed by atoms with van der Waals surface area (Å²) in [5.74, 6) is 1.92. The van der Waals surface area contributed by atoms with Gasteiger partial charge in [-0.05, 0) is 29.8 Å². The SMILES string of the molecule is COc1ccc(Cn2c(CBr)nc3ccccc32)cc1. The van der Waals surface area contributed by atoms with E-state index in [0.29, 0.717) is 0 Å². The van der Waals surface area contributed by atoms with Crippen LogP contribution < -0.4 is 4.74 Å². The molecule has 0 N–H and O–H groups in total. The molecule has 0 aliphatic carbocycles. The van der Waals surface area contributed by atoms with Crippen LogP contribution in [0.25, 0.3) is 11.0 Å². The molecule has 0 aliphatic heterocycles. The second-order valence-electron chi connectivity index (χ2n) is 4.58. The van der Waals surface area contributed by atoms with Gasteiger partial charge in [-0.25, -0.2) is 4.98 Å². The summed E-state index contributed by atoms with van der Waals surface area (Å²) < 4.78 is 7.43. The van der Waals surface area contributed by atoms with E-state index in [1.165, 1.54) is 5.56 Å². The van der Waals surface area contributed by atoms with Crippen LogP contribution in [-0.4, -0.2) is 16.7 Å². The topological polar surface area (TPSA) is 27.1 Å². The first-order valence-corrected chi connectivity index (χ1v) is 7.57. The molecule has 0 bridgehead atoms. The fraction of sp³-hybridized carbons (Fsp3) is 0.188. The fourth-order valence-corrected chi connectivity index (χ4v) is 2.75. The minimum absolute atomic E-state index is 0.748. The van der Waals surface area contributed by atoms with Gasteiger partial charge in [0.05, 0.1) is 23.5 Å². The van der Waals surface area contributed by atoms with E-state index in [-0.39, 0.29) is 0 Å². The van der Waals surface area contributed by atoms with E-state index in [4.69, 9.17) is 4.74 Å². The molecule has 3 rings (SSSR count). The molecule has 2 aromatic carbocycles. The van der Waals surface area contributed by atoms with Crippen LogP contribution in [0.15, 0.2) is 48.5 Å². The highest BCUT2D eigenvalue weighted by Crippen LogP contribution is 2.20. The van der Waals surface area contributed by atoms with Crippen molar-refractivity contribution in [1.82, 2.24) is 9.55 Å². The Morgan fingerprint density at radius 2 is 1.85 bits per heavy atom. The normalized spacial score (nSPS) is 10.9. The molecular formula is C16H15BrN2O. The van der Waals surface area contributed by atoms with Gasteiger partial charge in [-0.2, -0.15) is 0 Å². The maximum absolute atomic E-state index is 5.19. The van der Waals surface area contributed by atoms with Gasteiger partial charge in [0.15, 0.2) is 0 Å². The van der Waals surface area contributed by atoms with Crippen molar-refractivity contribution in [1.29, 1.82) is 0 Å². The molecule has 0 aliphatic rings. The number of hydrogen-bond donors (Lipinski definition) is 0. The Balaban J connectivity index is 2.00. The largest absolute Gasteiger partial charge is 0.497 e. The van der Waals surface area contributed by atoms with Crippen molar-refractivity contribution >= 4 is 27.0 Å². The van der Waals surface area contributed by atoms with Gasteiger partial charge in [0.2, 0.25) is 0 Å². The van der Waals surface area contributed by atoms with Gasteiger partial charge in [-0.1, -0.05) is 40.2 Å². The molecular weight excluding hydrogens is 316 g/mol. The summed E-state index contributed by atoms with van der Waals surface area (Å²) in [6, 6.07) is 16.4. The molecule has 0 atom stereocenters. The summed E-state index contributed by atoms with van der Waals surface area (Å²) in [6.45, 7) is 0.811. The van der Waals surface area contributed by atoms with Crippen molar-refractivity contribution in [2.24, 2.45) is 0 Å². The average molecular weight is 331 g/mol. The van der Waals surface area contributed by atoms with Crippen LogP contribution in [0.1, 0.15) is 11.4 Å². The number of hydrogen-bond acceptors (Lipinski definition) is 2. The third-order valence-corrected chi connectivity index (χ3v) is 3.85. The Bertz CT molecular complexity index is 719. The Kier molecular flexibility index (Phi) is 3.74. The van der Waals surface area contributed by atoms with Crippen molar-refractivity contribution in [3.8, 4) is 5.75 Å². The number of halogens is 1. The van der Waals surface area contributed by atoms with E-state index in [2.05, 4.69) is 43.7 Å². The summed E-state index contributed by atoms with van der Waals surface area (Å²) in [5.41, 5.74) is 3.43. The number of imidazole rings is 1. The van der Waals surface area contributed by atoms with Gasteiger partial charge in [-0.3, -0.25) is 0 Å². The number of methoxy groups -OCH3 is 1. The van der Waals surface area contributed by atoms with Crippen LogP contribution in [0.2, 0.25) is 0 Å². The minimum Gasteiger partial charge on any atom is -0.497 e. The molecule has 4 heteroatoms. The molecule has 0 unspecified atom stereocenters. The maximum atomic E-state index is 5.19. The average Bonchev–Trinajstić information content (AvgIpc) is 2.86. The minimum atomic E-state index is 0.748. The maximum Gasteiger partial charge on any atom is 0.120 e. The Hall–Kier alpha value is -1.81. The monoisotopic (exact) mass is 330 g/mol. The molecule has 102 valence electrons. The third-order valence-electron chi connectivity index (χ3n) is 3.35. The van der Waals surface area contributed by atoms with Crippen LogP contribution in [-0.2, 0) is 11.9 Å². The Morgan fingerprint density at radius 1 is 1.10 bits per heavy atom. The summed E-state index contributed by atoms with van der Waals surface area (Å²) in [7, 11) is 1.68. The first-order chi connectivity index (χ1) is 9.81. The molecule has 0 saturated carbocycles. The number of ether oxygens (including phenoxy) is 1. The van der Waals surface area contributed by atoms with Gasteiger partial charge in [0.25, 0.3) is 0 Å². The lowest BCUT2D eigenvalue weighted by atomic mass is 10.2. The van der Waals surface area contributed by atoms with Crippen LogP contribution in [0.5, 0.6) is 5.75 Å². The molecule has 0 radical (unpaired) electrons. The second kappa shape index (κ2) is 5.67. The molecule has 1 heterocycles. The standard InChI is InChI=1S/C16H15BrN2O/c1-20-13-8-6-12(7-9-13)11-19-15-5-3-2-4-14(15)18-16(19)10-17/h2-9H,10-11H2,1H3. The van der Waals surface area contributed by atoms with Gasteiger partial charge in [-0.15, -0.1) is 0 Å². The summed E-state index contributed by atoms with van der Waals surface area (Å²) in [5, 5.41) is 0.748. The summed E-state index contributed by atoms with van der Waals surface area (Å²) >= 11 is 3.52. The number of nitrogens with zero attached hydrogens (tertiary/aromatic N) is 2. The number of benzene rings is 2. The van der Waals surface area contributed by atoms with E-state index in [9.17, 15) is 0 Å². The first-order valence-electron chi connectivity index (χ1n) is 6.45. The number of fused-ring (bicyclic) bond motifs is 1. The van der Waals surface area contributed by atoms with Crippen LogP contribution in [0.4, 0.5) is 0 Å². The zero-order valence-corrected chi connectivity index (χ0v) is 12.8. The summed E-state index contributed by atoms with van der Waals surface area (Å²) in [6.07, 6.45) is 0. The summed E-state index contributed by atoms with van der Waals surface area (Å²) in [4.78, 5) is 4.65. The van der Waals surface area contributed by atoms with Crippen LogP contribution >= 0.6 is 15.9 Å². The van der Waals surface area contributed by atoms with E-state index in [1.54, 1.807) is 7.11 Å². The molecule has 3 nitrogen and oxygen atoms in total. The molecule has 0 amide bonds. The van der Waals surface area contributed by atoms with Crippen molar-refractivity contribution in [3.05, 3.63) is 59.9 Å². The second-order valence-corrected chi connectivity index (χ2v) is 5.15. The molecule has 1 aromatic heterocycles. The highest BCUT2D eigenvalue weighted by Gasteiger charge is 2.09. The molecule has 0 saturated heterocycles. The number of aromatic nitrogens is 2. The van der Waals surface area contributed by atoms with Crippen molar-refractivity contribution in [2.45, 2.75) is 11.9 Å². The predicted octanol–water partition coefficient (Wildman–Crippen LogP) is 3.99. The van der Waals surface area contributed by atoms with Gasteiger partial charge >= 0.3 is 0 Å². The highest BCUT2D eigenvalue weighted by atomic mass is 79.9.